The number of nitrogens with zero attached hydrogens (tertiary/aromatic N) is 2. The first-order valence-corrected chi connectivity index (χ1v) is 5.77. The van der Waals surface area contributed by atoms with Gasteiger partial charge in [0.25, 0.3) is 5.91 Å². The van der Waals surface area contributed by atoms with Crippen LogP contribution in [0.5, 0.6) is 0 Å². The van der Waals surface area contributed by atoms with Crippen molar-refractivity contribution in [3.63, 3.8) is 0 Å². The summed E-state index contributed by atoms with van der Waals surface area (Å²) in [5.74, 6) is 0.286. The number of hydrogen-bond donors (Lipinski definition) is 2. The molecule has 1 aliphatic heterocycles. The fourth-order valence-corrected chi connectivity index (χ4v) is 1.55. The fourth-order valence-electron chi connectivity index (χ4n) is 1.55. The summed E-state index contributed by atoms with van der Waals surface area (Å²) < 4.78 is 10.7. The van der Waals surface area contributed by atoms with Gasteiger partial charge in [-0.2, -0.15) is 0 Å². The van der Waals surface area contributed by atoms with E-state index in [1.165, 1.54) is 6.20 Å². The van der Waals surface area contributed by atoms with Gasteiger partial charge in [-0.05, 0) is 0 Å². The molecule has 0 radical (unpaired) electrons. The lowest BCUT2D eigenvalue weighted by Crippen LogP contribution is -2.40. The van der Waals surface area contributed by atoms with E-state index in [1.807, 2.05) is 0 Å². The zero-order chi connectivity index (χ0) is 12.8. The highest BCUT2D eigenvalue weighted by Gasteiger charge is 2.16. The minimum absolute atomic E-state index is 0.0943. The van der Waals surface area contributed by atoms with Gasteiger partial charge >= 0.3 is 0 Å². The van der Waals surface area contributed by atoms with Crippen LogP contribution in [0.2, 0.25) is 0 Å². The average molecular weight is 252 g/mol. The standard InChI is InChI=1S/C11H16N4O3/c1-12-10-6-13-5-9(15-10)11(16)14-4-8-7-17-2-3-18-8/h5-6,8H,2-4,7H2,1H3,(H,12,15)(H,14,16). The smallest absolute Gasteiger partial charge is 0.271 e. The number of carbonyl (C=O) groups excluding carboxylic acids is 1. The van der Waals surface area contributed by atoms with Crippen LogP contribution in [0.25, 0.3) is 0 Å². The number of aromatic nitrogens is 2. The highest BCUT2D eigenvalue weighted by Crippen LogP contribution is 2.02. The molecule has 1 amide bonds. The molecule has 98 valence electrons. The number of carbonyl (C=O) groups is 1. The van der Waals surface area contributed by atoms with Gasteiger partial charge in [0.15, 0.2) is 0 Å². The molecule has 2 rings (SSSR count). The normalized spacial score (nSPS) is 19.3. The van der Waals surface area contributed by atoms with Crippen molar-refractivity contribution in [2.45, 2.75) is 6.10 Å². The van der Waals surface area contributed by atoms with Gasteiger partial charge in [-0.1, -0.05) is 0 Å². The van der Waals surface area contributed by atoms with Crippen molar-refractivity contribution in [1.29, 1.82) is 0 Å². The number of anilines is 1. The van der Waals surface area contributed by atoms with Gasteiger partial charge in [0, 0.05) is 13.6 Å². The Morgan fingerprint density at radius 1 is 1.50 bits per heavy atom. The van der Waals surface area contributed by atoms with Gasteiger partial charge in [-0.3, -0.25) is 9.78 Å². The molecule has 2 heterocycles. The number of hydrogen-bond acceptors (Lipinski definition) is 6. The lowest BCUT2D eigenvalue weighted by atomic mass is 10.3. The lowest BCUT2D eigenvalue weighted by Gasteiger charge is -2.22. The largest absolute Gasteiger partial charge is 0.376 e. The van der Waals surface area contributed by atoms with Crippen LogP contribution in [0, 0.1) is 0 Å². The van der Waals surface area contributed by atoms with Crippen LogP contribution in [-0.4, -0.2) is 55.4 Å². The van der Waals surface area contributed by atoms with Crippen LogP contribution >= 0.6 is 0 Å². The molecule has 0 aliphatic carbocycles. The summed E-state index contributed by atoms with van der Waals surface area (Å²) in [5.41, 5.74) is 0.276. The summed E-state index contributed by atoms with van der Waals surface area (Å²) >= 11 is 0. The van der Waals surface area contributed by atoms with Crippen molar-refractivity contribution in [1.82, 2.24) is 15.3 Å². The van der Waals surface area contributed by atoms with Crippen molar-refractivity contribution in [2.75, 3.05) is 38.7 Å². The van der Waals surface area contributed by atoms with E-state index >= 15 is 0 Å². The fraction of sp³-hybridized carbons (Fsp3) is 0.545. The topological polar surface area (TPSA) is 85.4 Å². The summed E-state index contributed by atoms with van der Waals surface area (Å²) in [7, 11) is 1.72. The maximum absolute atomic E-state index is 11.8. The van der Waals surface area contributed by atoms with Gasteiger partial charge in [0.2, 0.25) is 0 Å². The summed E-state index contributed by atoms with van der Waals surface area (Å²) in [5, 5.41) is 5.58. The first-order chi connectivity index (χ1) is 8.79. The summed E-state index contributed by atoms with van der Waals surface area (Å²) in [6.07, 6.45) is 2.88. The van der Waals surface area contributed by atoms with Crippen LogP contribution in [0.15, 0.2) is 12.4 Å². The molecule has 1 unspecified atom stereocenters. The quantitative estimate of drug-likeness (QED) is 0.762. The third kappa shape index (κ3) is 3.38. The molecule has 1 aromatic heterocycles. The van der Waals surface area contributed by atoms with Gasteiger partial charge < -0.3 is 20.1 Å². The minimum Gasteiger partial charge on any atom is -0.376 e. The van der Waals surface area contributed by atoms with E-state index in [0.29, 0.717) is 32.2 Å². The second-order valence-corrected chi connectivity index (χ2v) is 3.82. The molecule has 18 heavy (non-hydrogen) atoms. The Morgan fingerprint density at radius 3 is 3.11 bits per heavy atom. The van der Waals surface area contributed by atoms with E-state index in [4.69, 9.17) is 9.47 Å². The predicted octanol–water partition coefficient (Wildman–Crippen LogP) is -0.336. The maximum atomic E-state index is 11.8. The monoisotopic (exact) mass is 252 g/mol. The molecule has 0 aromatic carbocycles. The van der Waals surface area contributed by atoms with Crippen LogP contribution < -0.4 is 10.6 Å². The molecule has 0 saturated carbocycles. The molecule has 1 atom stereocenters. The Balaban J connectivity index is 1.86. The molecule has 7 nitrogen and oxygen atoms in total. The molecule has 2 N–H and O–H groups in total. The van der Waals surface area contributed by atoms with Crippen molar-refractivity contribution < 1.29 is 14.3 Å². The third-order valence-electron chi connectivity index (χ3n) is 2.50. The highest BCUT2D eigenvalue weighted by atomic mass is 16.6. The second-order valence-electron chi connectivity index (χ2n) is 3.82. The summed E-state index contributed by atoms with van der Waals surface area (Å²) in [6, 6.07) is 0. The van der Waals surface area contributed by atoms with E-state index in [-0.39, 0.29) is 17.7 Å². The van der Waals surface area contributed by atoms with Crippen molar-refractivity contribution in [2.24, 2.45) is 0 Å². The number of rotatable bonds is 4. The van der Waals surface area contributed by atoms with Gasteiger partial charge in [0.05, 0.1) is 38.3 Å². The van der Waals surface area contributed by atoms with E-state index in [2.05, 4.69) is 20.6 Å². The Morgan fingerprint density at radius 2 is 2.39 bits per heavy atom. The number of ether oxygens (including phenoxy) is 2. The second kappa shape index (κ2) is 6.27. The maximum Gasteiger partial charge on any atom is 0.271 e. The zero-order valence-corrected chi connectivity index (χ0v) is 10.2. The number of amides is 1. The molecule has 1 aliphatic rings. The van der Waals surface area contributed by atoms with Gasteiger partial charge in [0.1, 0.15) is 11.5 Å². The Bertz CT molecular complexity index is 407. The first kappa shape index (κ1) is 12.7. The van der Waals surface area contributed by atoms with E-state index in [1.54, 1.807) is 13.2 Å². The van der Waals surface area contributed by atoms with E-state index in [0.717, 1.165) is 0 Å². The molecule has 1 aromatic rings. The Kier molecular flexibility index (Phi) is 4.43. The van der Waals surface area contributed by atoms with Crippen molar-refractivity contribution >= 4 is 11.7 Å². The highest BCUT2D eigenvalue weighted by molar-refractivity contribution is 5.92. The zero-order valence-electron chi connectivity index (χ0n) is 10.2. The van der Waals surface area contributed by atoms with Crippen molar-refractivity contribution in [3.8, 4) is 0 Å². The molecular weight excluding hydrogens is 236 g/mol. The lowest BCUT2D eigenvalue weighted by molar-refractivity contribution is -0.0855. The van der Waals surface area contributed by atoms with Crippen LogP contribution in [-0.2, 0) is 9.47 Å². The Labute approximate surface area is 105 Å². The third-order valence-corrected chi connectivity index (χ3v) is 2.50. The predicted molar refractivity (Wildman–Crippen MR) is 64.5 cm³/mol. The van der Waals surface area contributed by atoms with E-state index in [9.17, 15) is 4.79 Å². The van der Waals surface area contributed by atoms with Crippen LogP contribution in [0.1, 0.15) is 10.5 Å². The van der Waals surface area contributed by atoms with Gasteiger partial charge in [-0.15, -0.1) is 0 Å². The average Bonchev–Trinajstić information content (AvgIpc) is 2.46. The van der Waals surface area contributed by atoms with Crippen LogP contribution in [0.4, 0.5) is 5.82 Å². The molecule has 1 saturated heterocycles. The first-order valence-electron chi connectivity index (χ1n) is 5.77. The minimum atomic E-state index is -0.270. The SMILES string of the molecule is CNc1cncc(C(=O)NCC2COCCO2)n1. The summed E-state index contributed by atoms with van der Waals surface area (Å²) in [4.78, 5) is 19.8. The van der Waals surface area contributed by atoms with E-state index < -0.39 is 0 Å². The molecule has 0 bridgehead atoms. The van der Waals surface area contributed by atoms with Crippen LogP contribution in [0.3, 0.4) is 0 Å². The molecular formula is C11H16N4O3. The number of nitrogens with one attached hydrogen (secondary N) is 2. The summed E-state index contributed by atoms with van der Waals surface area (Å²) in [6.45, 7) is 2.09. The van der Waals surface area contributed by atoms with Gasteiger partial charge in [-0.25, -0.2) is 4.98 Å². The molecule has 7 heteroatoms. The molecule has 1 fully saturated rings. The van der Waals surface area contributed by atoms with Crippen molar-refractivity contribution in [3.05, 3.63) is 18.1 Å². The molecule has 0 spiro atoms. The Hall–Kier alpha value is -1.73.